The monoisotopic (exact) mass is 293 g/mol. The van der Waals surface area contributed by atoms with Crippen LogP contribution in [0, 0.1) is 13.7 Å². The van der Waals surface area contributed by atoms with Gasteiger partial charge in [0.05, 0.1) is 14.1 Å². The van der Waals surface area contributed by atoms with Gasteiger partial charge < -0.3 is 5.11 Å². The van der Waals surface area contributed by atoms with Crippen molar-refractivity contribution in [3.63, 3.8) is 0 Å². The van der Waals surface area contributed by atoms with Crippen molar-refractivity contribution >= 4 is 34.2 Å². The van der Waals surface area contributed by atoms with Gasteiger partial charge in [0.15, 0.2) is 0 Å². The summed E-state index contributed by atoms with van der Waals surface area (Å²) in [6.07, 6.45) is 0. The number of nitro groups is 1. The molecule has 0 aliphatic carbocycles. The van der Waals surface area contributed by atoms with Crippen molar-refractivity contribution in [3.8, 4) is 0 Å². The minimum absolute atomic E-state index is 0.0767. The highest BCUT2D eigenvalue weighted by Gasteiger charge is 2.14. The second-order valence-corrected chi connectivity index (χ2v) is 3.39. The summed E-state index contributed by atoms with van der Waals surface area (Å²) in [5.74, 6) is -1.17. The maximum atomic E-state index is 10.5. The van der Waals surface area contributed by atoms with E-state index >= 15 is 0 Å². The number of carbonyl (C=O) groups is 1. The lowest BCUT2D eigenvalue weighted by Gasteiger charge is -1.96. The number of carboxylic acid groups (broad SMARTS) is 1. The molecule has 13 heavy (non-hydrogen) atoms. The molecule has 1 N–H and O–H groups in total. The van der Waals surface area contributed by atoms with Crippen molar-refractivity contribution in [2.24, 2.45) is 0 Å². The number of hydrogen-bond donors (Lipinski definition) is 1. The molecule has 0 saturated heterocycles. The fourth-order valence-corrected chi connectivity index (χ4v) is 1.32. The molecular formula is C7H4INO4. The van der Waals surface area contributed by atoms with Gasteiger partial charge in [-0.15, -0.1) is 0 Å². The van der Waals surface area contributed by atoms with Crippen LogP contribution < -0.4 is 0 Å². The zero-order valence-electron chi connectivity index (χ0n) is 6.23. The molecular weight excluding hydrogens is 289 g/mol. The smallest absolute Gasteiger partial charge is 0.335 e. The lowest BCUT2D eigenvalue weighted by atomic mass is 10.2. The molecule has 0 aromatic heterocycles. The Kier molecular flexibility index (Phi) is 2.81. The quantitative estimate of drug-likeness (QED) is 0.513. The molecule has 0 radical (unpaired) electrons. The molecule has 0 amide bonds. The lowest BCUT2D eigenvalue weighted by Crippen LogP contribution is -1.99. The summed E-state index contributed by atoms with van der Waals surface area (Å²) in [4.78, 5) is 20.3. The summed E-state index contributed by atoms with van der Waals surface area (Å²) in [5, 5.41) is 19.0. The van der Waals surface area contributed by atoms with Crippen LogP contribution in [-0.2, 0) is 0 Å². The predicted octanol–water partition coefficient (Wildman–Crippen LogP) is 1.90. The number of hydrogen-bond acceptors (Lipinski definition) is 3. The Labute approximate surface area is 86.7 Å². The van der Waals surface area contributed by atoms with E-state index in [0.717, 1.165) is 6.07 Å². The zero-order valence-corrected chi connectivity index (χ0v) is 8.39. The van der Waals surface area contributed by atoms with Crippen molar-refractivity contribution in [1.29, 1.82) is 0 Å². The summed E-state index contributed by atoms with van der Waals surface area (Å²) in [5.41, 5.74) is -0.257. The molecule has 0 spiro atoms. The molecule has 5 nitrogen and oxygen atoms in total. The molecule has 0 fully saturated rings. The van der Waals surface area contributed by atoms with Crippen molar-refractivity contribution in [1.82, 2.24) is 0 Å². The second kappa shape index (κ2) is 3.69. The van der Waals surface area contributed by atoms with E-state index in [1.54, 1.807) is 22.6 Å². The lowest BCUT2D eigenvalue weighted by molar-refractivity contribution is -0.385. The normalized spacial score (nSPS) is 9.62. The topological polar surface area (TPSA) is 80.4 Å². The van der Waals surface area contributed by atoms with Gasteiger partial charge in [-0.2, -0.15) is 0 Å². The zero-order chi connectivity index (χ0) is 10.0. The van der Waals surface area contributed by atoms with Crippen LogP contribution in [0.3, 0.4) is 0 Å². The SMILES string of the molecule is O=C(O)c1ccc(I)c([N+](=O)[O-])c1. The molecule has 1 aromatic carbocycles. The average molecular weight is 293 g/mol. The van der Waals surface area contributed by atoms with Crippen LogP contribution in [0.15, 0.2) is 18.2 Å². The van der Waals surface area contributed by atoms with Crippen molar-refractivity contribution in [3.05, 3.63) is 37.4 Å². The maximum absolute atomic E-state index is 10.5. The summed E-state index contributed by atoms with van der Waals surface area (Å²) in [7, 11) is 0. The van der Waals surface area contributed by atoms with E-state index in [9.17, 15) is 14.9 Å². The van der Waals surface area contributed by atoms with Crippen LogP contribution in [0.5, 0.6) is 0 Å². The van der Waals surface area contributed by atoms with Crippen LogP contribution >= 0.6 is 22.6 Å². The first-order chi connectivity index (χ1) is 6.02. The van der Waals surface area contributed by atoms with Gasteiger partial charge in [0.25, 0.3) is 5.69 Å². The number of benzene rings is 1. The molecule has 68 valence electrons. The van der Waals surface area contributed by atoms with E-state index in [1.165, 1.54) is 12.1 Å². The molecule has 0 unspecified atom stereocenters. The highest BCUT2D eigenvalue weighted by atomic mass is 127. The molecule has 0 heterocycles. The van der Waals surface area contributed by atoms with Gasteiger partial charge in [0.2, 0.25) is 0 Å². The number of aromatic carboxylic acids is 1. The van der Waals surface area contributed by atoms with Crippen molar-refractivity contribution < 1.29 is 14.8 Å². The van der Waals surface area contributed by atoms with Crippen LogP contribution in [0.1, 0.15) is 10.4 Å². The van der Waals surface area contributed by atoms with Crippen LogP contribution in [0.25, 0.3) is 0 Å². The van der Waals surface area contributed by atoms with E-state index in [-0.39, 0.29) is 11.3 Å². The Hall–Kier alpha value is -1.18. The van der Waals surface area contributed by atoms with Gasteiger partial charge in [-0.05, 0) is 34.7 Å². The van der Waals surface area contributed by atoms with Gasteiger partial charge in [-0.25, -0.2) is 4.79 Å². The van der Waals surface area contributed by atoms with E-state index in [1.807, 2.05) is 0 Å². The Morgan fingerprint density at radius 3 is 2.62 bits per heavy atom. The van der Waals surface area contributed by atoms with E-state index in [0.29, 0.717) is 3.57 Å². The average Bonchev–Trinajstić information content (AvgIpc) is 2.04. The molecule has 1 rings (SSSR count). The van der Waals surface area contributed by atoms with Gasteiger partial charge in [-0.1, -0.05) is 0 Å². The molecule has 0 aliphatic heterocycles. The Bertz CT molecular complexity index is 377. The predicted molar refractivity (Wildman–Crippen MR) is 52.8 cm³/mol. The third-order valence-corrected chi connectivity index (χ3v) is 2.30. The minimum Gasteiger partial charge on any atom is -0.478 e. The van der Waals surface area contributed by atoms with E-state index in [2.05, 4.69) is 0 Å². The highest BCUT2D eigenvalue weighted by molar-refractivity contribution is 14.1. The summed E-state index contributed by atoms with van der Waals surface area (Å²) in [6.45, 7) is 0. The van der Waals surface area contributed by atoms with Crippen LogP contribution in [0.2, 0.25) is 0 Å². The molecule has 1 aromatic rings. The fraction of sp³-hybridized carbons (Fsp3) is 0. The van der Waals surface area contributed by atoms with Gasteiger partial charge in [0, 0.05) is 6.07 Å². The largest absolute Gasteiger partial charge is 0.478 e. The Morgan fingerprint density at radius 2 is 2.15 bits per heavy atom. The summed E-state index contributed by atoms with van der Waals surface area (Å²) >= 11 is 1.78. The van der Waals surface area contributed by atoms with Gasteiger partial charge >= 0.3 is 5.97 Å². The van der Waals surface area contributed by atoms with Gasteiger partial charge in [0.1, 0.15) is 0 Å². The van der Waals surface area contributed by atoms with Gasteiger partial charge in [-0.3, -0.25) is 10.1 Å². The number of nitro benzene ring substituents is 1. The number of rotatable bonds is 2. The first-order valence-corrected chi connectivity index (χ1v) is 4.27. The van der Waals surface area contributed by atoms with Crippen molar-refractivity contribution in [2.75, 3.05) is 0 Å². The van der Waals surface area contributed by atoms with E-state index < -0.39 is 10.9 Å². The molecule has 0 saturated carbocycles. The van der Waals surface area contributed by atoms with Crippen LogP contribution in [-0.4, -0.2) is 16.0 Å². The number of halogens is 1. The molecule has 0 atom stereocenters. The molecule has 0 bridgehead atoms. The number of nitrogens with zero attached hydrogens (tertiary/aromatic N) is 1. The number of carboxylic acids is 1. The van der Waals surface area contributed by atoms with Crippen molar-refractivity contribution in [2.45, 2.75) is 0 Å². The Morgan fingerprint density at radius 1 is 1.54 bits per heavy atom. The second-order valence-electron chi connectivity index (χ2n) is 2.23. The summed E-state index contributed by atoms with van der Waals surface area (Å²) < 4.78 is 0.424. The third kappa shape index (κ3) is 2.14. The van der Waals surface area contributed by atoms with E-state index in [4.69, 9.17) is 5.11 Å². The first-order valence-electron chi connectivity index (χ1n) is 3.19. The third-order valence-electron chi connectivity index (χ3n) is 1.39. The minimum atomic E-state index is -1.17. The molecule has 0 aliphatic rings. The highest BCUT2D eigenvalue weighted by Crippen LogP contribution is 2.21. The maximum Gasteiger partial charge on any atom is 0.335 e. The standard InChI is InChI=1S/C7H4INO4/c8-5-2-1-4(7(10)11)3-6(5)9(12)13/h1-3H,(H,10,11). The summed E-state index contributed by atoms with van der Waals surface area (Å²) in [6, 6.07) is 3.78. The Balaban J connectivity index is 3.27. The first kappa shape index (κ1) is 9.90. The molecule has 6 heteroatoms. The fourth-order valence-electron chi connectivity index (χ4n) is 0.786. The van der Waals surface area contributed by atoms with Crippen LogP contribution in [0.4, 0.5) is 5.69 Å².